The van der Waals surface area contributed by atoms with Gasteiger partial charge in [0.15, 0.2) is 0 Å². The smallest absolute Gasteiger partial charge is 0.245 e. The average molecular weight is 265 g/mol. The van der Waals surface area contributed by atoms with E-state index in [2.05, 4.69) is 5.32 Å². The number of carbonyl (C=O) groups excluding carboxylic acids is 1. The molecule has 1 atom stereocenters. The lowest BCUT2D eigenvalue weighted by Gasteiger charge is -2.44. The Hall–Kier alpha value is -1.62. The third-order valence-corrected chi connectivity index (χ3v) is 3.63. The van der Waals surface area contributed by atoms with E-state index in [4.69, 9.17) is 5.73 Å². The molecule has 0 aliphatic carbocycles. The van der Waals surface area contributed by atoms with E-state index in [0.717, 1.165) is 0 Å². The van der Waals surface area contributed by atoms with Gasteiger partial charge in [-0.05, 0) is 32.9 Å². The molecule has 2 rings (SSSR count). The van der Waals surface area contributed by atoms with E-state index in [-0.39, 0.29) is 11.7 Å². The zero-order valence-corrected chi connectivity index (χ0v) is 11.5. The number of piperazine rings is 1. The van der Waals surface area contributed by atoms with Crippen LogP contribution in [0.2, 0.25) is 0 Å². The highest BCUT2D eigenvalue weighted by molar-refractivity contribution is 5.90. The number of nitrogens with two attached hydrogens (primary N) is 1. The molecule has 5 heteroatoms. The standard InChI is InChI=1S/C14H20FN3O/c1-9(16)12-10(15)5-4-6-11(12)18-8-7-17-13(19)14(18,2)3/h4-6,9H,7-8,16H2,1-3H3,(H,17,19). The van der Waals surface area contributed by atoms with Crippen LogP contribution >= 0.6 is 0 Å². The minimum absolute atomic E-state index is 0.0568. The number of nitrogens with zero attached hydrogens (tertiary/aromatic N) is 1. The lowest BCUT2D eigenvalue weighted by Crippen LogP contribution is -2.62. The van der Waals surface area contributed by atoms with Gasteiger partial charge in [-0.1, -0.05) is 6.07 Å². The fourth-order valence-corrected chi connectivity index (χ4v) is 2.53. The molecular weight excluding hydrogens is 245 g/mol. The molecule has 1 aromatic rings. The molecule has 4 nitrogen and oxygen atoms in total. The van der Waals surface area contributed by atoms with Crippen molar-refractivity contribution in [3.05, 3.63) is 29.6 Å². The number of benzene rings is 1. The summed E-state index contributed by atoms with van der Waals surface area (Å²) in [6.07, 6.45) is 0. The van der Waals surface area contributed by atoms with Crippen molar-refractivity contribution in [2.45, 2.75) is 32.4 Å². The van der Waals surface area contributed by atoms with Gasteiger partial charge in [-0.25, -0.2) is 4.39 Å². The highest BCUT2D eigenvalue weighted by Crippen LogP contribution is 2.33. The predicted molar refractivity (Wildman–Crippen MR) is 73.4 cm³/mol. The molecule has 1 aliphatic rings. The minimum Gasteiger partial charge on any atom is -0.355 e. The molecule has 1 saturated heterocycles. The Labute approximate surface area is 112 Å². The maximum atomic E-state index is 14.0. The second-order valence-electron chi connectivity index (χ2n) is 5.43. The van der Waals surface area contributed by atoms with Gasteiger partial charge in [0.1, 0.15) is 11.4 Å². The monoisotopic (exact) mass is 265 g/mol. The first-order valence-electron chi connectivity index (χ1n) is 6.45. The number of anilines is 1. The van der Waals surface area contributed by atoms with E-state index >= 15 is 0 Å². The maximum Gasteiger partial charge on any atom is 0.245 e. The van der Waals surface area contributed by atoms with Crippen LogP contribution in [0.3, 0.4) is 0 Å². The van der Waals surface area contributed by atoms with Crippen molar-refractivity contribution in [1.29, 1.82) is 0 Å². The van der Waals surface area contributed by atoms with E-state index in [1.165, 1.54) is 6.07 Å². The SMILES string of the molecule is CC(N)c1c(F)cccc1N1CCNC(=O)C1(C)C. The van der Waals surface area contributed by atoms with Crippen molar-refractivity contribution >= 4 is 11.6 Å². The van der Waals surface area contributed by atoms with E-state index < -0.39 is 11.6 Å². The van der Waals surface area contributed by atoms with Crippen LogP contribution in [0.4, 0.5) is 10.1 Å². The van der Waals surface area contributed by atoms with Gasteiger partial charge in [-0.3, -0.25) is 4.79 Å². The summed E-state index contributed by atoms with van der Waals surface area (Å²) in [6, 6.07) is 4.46. The summed E-state index contributed by atoms with van der Waals surface area (Å²) in [5, 5.41) is 2.83. The molecule has 1 amide bonds. The van der Waals surface area contributed by atoms with Crippen LogP contribution in [0.15, 0.2) is 18.2 Å². The first kappa shape index (κ1) is 13.8. The number of carbonyl (C=O) groups is 1. The largest absolute Gasteiger partial charge is 0.355 e. The molecule has 0 bridgehead atoms. The fraction of sp³-hybridized carbons (Fsp3) is 0.500. The molecular formula is C14H20FN3O. The highest BCUT2D eigenvalue weighted by atomic mass is 19.1. The van der Waals surface area contributed by atoms with Crippen LogP contribution in [-0.2, 0) is 4.79 Å². The minimum atomic E-state index is -0.713. The first-order valence-corrected chi connectivity index (χ1v) is 6.45. The summed E-state index contributed by atoms with van der Waals surface area (Å²) < 4.78 is 14.0. The Morgan fingerprint density at radius 2 is 2.16 bits per heavy atom. The Bertz CT molecular complexity index is 499. The molecule has 0 aromatic heterocycles. The fourth-order valence-electron chi connectivity index (χ4n) is 2.53. The van der Waals surface area contributed by atoms with E-state index in [9.17, 15) is 9.18 Å². The van der Waals surface area contributed by atoms with Crippen molar-refractivity contribution in [2.24, 2.45) is 5.73 Å². The number of amides is 1. The van der Waals surface area contributed by atoms with Gasteiger partial charge >= 0.3 is 0 Å². The summed E-state index contributed by atoms with van der Waals surface area (Å²) >= 11 is 0. The molecule has 19 heavy (non-hydrogen) atoms. The van der Waals surface area contributed by atoms with Crippen molar-refractivity contribution in [1.82, 2.24) is 5.32 Å². The first-order chi connectivity index (χ1) is 8.85. The van der Waals surface area contributed by atoms with E-state index in [1.54, 1.807) is 13.0 Å². The van der Waals surface area contributed by atoms with Gasteiger partial charge in [0.25, 0.3) is 0 Å². The second kappa shape index (κ2) is 4.81. The van der Waals surface area contributed by atoms with Crippen LogP contribution in [0.1, 0.15) is 32.4 Å². The molecule has 1 unspecified atom stereocenters. The number of hydrogen-bond donors (Lipinski definition) is 2. The van der Waals surface area contributed by atoms with Gasteiger partial charge in [0.2, 0.25) is 5.91 Å². The van der Waals surface area contributed by atoms with Crippen molar-refractivity contribution < 1.29 is 9.18 Å². The van der Waals surface area contributed by atoms with Gasteiger partial charge in [-0.2, -0.15) is 0 Å². The van der Waals surface area contributed by atoms with Gasteiger partial charge < -0.3 is 16.0 Å². The van der Waals surface area contributed by atoms with Crippen LogP contribution in [0.5, 0.6) is 0 Å². The summed E-state index contributed by atoms with van der Waals surface area (Å²) in [6.45, 7) is 6.60. The molecule has 1 aromatic carbocycles. The van der Waals surface area contributed by atoms with Crippen LogP contribution in [-0.4, -0.2) is 24.5 Å². The predicted octanol–water partition coefficient (Wildman–Crippen LogP) is 1.56. The van der Waals surface area contributed by atoms with Crippen molar-refractivity contribution in [3.8, 4) is 0 Å². The Morgan fingerprint density at radius 3 is 2.79 bits per heavy atom. The topological polar surface area (TPSA) is 58.4 Å². The molecule has 1 heterocycles. The summed E-state index contributed by atoms with van der Waals surface area (Å²) in [5.74, 6) is -0.382. The van der Waals surface area contributed by atoms with Crippen molar-refractivity contribution in [2.75, 3.05) is 18.0 Å². The van der Waals surface area contributed by atoms with Crippen LogP contribution in [0.25, 0.3) is 0 Å². The number of hydrogen-bond acceptors (Lipinski definition) is 3. The second-order valence-corrected chi connectivity index (χ2v) is 5.43. The zero-order chi connectivity index (χ0) is 14.2. The van der Waals surface area contributed by atoms with Crippen LogP contribution < -0.4 is 16.0 Å². The Kier molecular flexibility index (Phi) is 3.49. The third-order valence-electron chi connectivity index (χ3n) is 3.63. The molecule has 0 spiro atoms. The van der Waals surface area contributed by atoms with Crippen molar-refractivity contribution in [3.63, 3.8) is 0 Å². The molecule has 3 N–H and O–H groups in total. The normalized spacial score (nSPS) is 20.1. The summed E-state index contributed by atoms with van der Waals surface area (Å²) in [5.41, 5.74) is 6.33. The number of rotatable bonds is 2. The Morgan fingerprint density at radius 1 is 1.47 bits per heavy atom. The maximum absolute atomic E-state index is 14.0. The zero-order valence-electron chi connectivity index (χ0n) is 11.5. The summed E-state index contributed by atoms with van der Waals surface area (Å²) in [7, 11) is 0. The number of halogens is 1. The average Bonchev–Trinajstić information content (AvgIpc) is 2.31. The highest BCUT2D eigenvalue weighted by Gasteiger charge is 2.39. The molecule has 0 saturated carbocycles. The Balaban J connectivity index is 2.52. The third kappa shape index (κ3) is 2.30. The summed E-state index contributed by atoms with van der Waals surface area (Å²) in [4.78, 5) is 13.9. The number of nitrogens with one attached hydrogen (secondary N) is 1. The molecule has 104 valence electrons. The molecule has 1 aliphatic heterocycles. The quantitative estimate of drug-likeness (QED) is 0.853. The van der Waals surface area contributed by atoms with Gasteiger partial charge in [-0.15, -0.1) is 0 Å². The van der Waals surface area contributed by atoms with Gasteiger partial charge in [0.05, 0.1) is 0 Å². The lowest BCUT2D eigenvalue weighted by molar-refractivity contribution is -0.126. The van der Waals surface area contributed by atoms with Gasteiger partial charge in [0, 0.05) is 30.4 Å². The molecule has 0 radical (unpaired) electrons. The lowest BCUT2D eigenvalue weighted by atomic mass is 9.95. The van der Waals surface area contributed by atoms with E-state index in [1.807, 2.05) is 24.8 Å². The van der Waals surface area contributed by atoms with Crippen LogP contribution in [0, 0.1) is 5.82 Å². The molecule has 1 fully saturated rings. The van der Waals surface area contributed by atoms with E-state index in [0.29, 0.717) is 24.3 Å².